The van der Waals surface area contributed by atoms with E-state index in [0.717, 1.165) is 18.9 Å². The van der Waals surface area contributed by atoms with Crippen LogP contribution in [-0.4, -0.2) is 65.8 Å². The zero-order chi connectivity index (χ0) is 13.7. The lowest BCUT2D eigenvalue weighted by molar-refractivity contribution is 0.0565. The molecule has 0 spiro atoms. The Bertz CT molecular complexity index is 264. The van der Waals surface area contributed by atoms with Gasteiger partial charge in [-0.25, -0.2) is 0 Å². The average molecular weight is 269 g/mol. The van der Waals surface area contributed by atoms with Crippen LogP contribution in [0.15, 0.2) is 0 Å². The average Bonchev–Trinajstić information content (AvgIpc) is 3.05. The van der Waals surface area contributed by atoms with Crippen LogP contribution in [0.5, 0.6) is 0 Å². The van der Waals surface area contributed by atoms with Crippen LogP contribution in [0.2, 0.25) is 0 Å². The predicted octanol–water partition coefficient (Wildman–Crippen LogP) is 1.04. The lowest BCUT2D eigenvalue weighted by Crippen LogP contribution is -2.36. The van der Waals surface area contributed by atoms with E-state index in [-0.39, 0.29) is 0 Å². The van der Waals surface area contributed by atoms with Crippen molar-refractivity contribution in [3.63, 3.8) is 0 Å². The number of rotatable bonds is 7. The molecule has 112 valence electrons. The molecule has 0 aromatic rings. The van der Waals surface area contributed by atoms with Gasteiger partial charge in [0.1, 0.15) is 0 Å². The Morgan fingerprint density at radius 2 is 1.95 bits per heavy atom. The monoisotopic (exact) mass is 269 g/mol. The van der Waals surface area contributed by atoms with E-state index in [1.165, 1.54) is 58.4 Å². The van der Waals surface area contributed by atoms with E-state index in [1.807, 2.05) is 6.92 Å². The third kappa shape index (κ3) is 4.71. The van der Waals surface area contributed by atoms with Crippen LogP contribution >= 0.6 is 0 Å². The molecule has 0 aliphatic carbocycles. The van der Waals surface area contributed by atoms with Crippen LogP contribution in [0, 0.1) is 0 Å². The van der Waals surface area contributed by atoms with Crippen molar-refractivity contribution in [3.8, 4) is 0 Å². The largest absolute Gasteiger partial charge is 0.389 e. The first-order chi connectivity index (χ1) is 9.11. The molecule has 0 bridgehead atoms. The molecule has 0 amide bonds. The van der Waals surface area contributed by atoms with Gasteiger partial charge in [0.05, 0.1) is 5.60 Å². The van der Waals surface area contributed by atoms with Gasteiger partial charge >= 0.3 is 0 Å². The van der Waals surface area contributed by atoms with Gasteiger partial charge in [-0.3, -0.25) is 4.90 Å². The smallest absolute Gasteiger partial charge is 0.0741 e. The van der Waals surface area contributed by atoms with E-state index >= 15 is 0 Å². The second-order valence-corrected chi connectivity index (χ2v) is 6.64. The van der Waals surface area contributed by atoms with Crippen molar-refractivity contribution in [2.24, 2.45) is 5.73 Å². The molecule has 2 fully saturated rings. The summed E-state index contributed by atoms with van der Waals surface area (Å²) in [6.07, 6.45) is 7.22. The lowest BCUT2D eigenvalue weighted by atomic mass is 9.99. The number of aliphatic hydroxyl groups is 1. The fourth-order valence-corrected chi connectivity index (χ4v) is 3.36. The van der Waals surface area contributed by atoms with Gasteiger partial charge in [-0.1, -0.05) is 0 Å². The van der Waals surface area contributed by atoms with Crippen molar-refractivity contribution >= 4 is 0 Å². The molecule has 2 saturated heterocycles. The molecule has 0 radical (unpaired) electrons. The summed E-state index contributed by atoms with van der Waals surface area (Å²) in [5, 5.41) is 9.86. The number of likely N-dealkylation sites (tertiary alicyclic amines) is 2. The summed E-state index contributed by atoms with van der Waals surface area (Å²) in [7, 11) is 0. The zero-order valence-electron chi connectivity index (χ0n) is 12.5. The van der Waals surface area contributed by atoms with Crippen LogP contribution in [-0.2, 0) is 0 Å². The maximum Gasteiger partial charge on any atom is 0.0741 e. The first-order valence-electron chi connectivity index (χ1n) is 7.99. The Morgan fingerprint density at radius 1 is 1.21 bits per heavy atom. The molecule has 2 heterocycles. The highest BCUT2D eigenvalue weighted by Gasteiger charge is 2.28. The summed E-state index contributed by atoms with van der Waals surface area (Å²) in [5.74, 6) is 0. The Balaban J connectivity index is 1.57. The molecule has 19 heavy (non-hydrogen) atoms. The molecule has 4 heteroatoms. The fraction of sp³-hybridized carbons (Fsp3) is 1.00. The van der Waals surface area contributed by atoms with E-state index in [9.17, 15) is 5.11 Å². The Kier molecular flexibility index (Phi) is 5.63. The third-order valence-electron chi connectivity index (χ3n) is 4.78. The van der Waals surface area contributed by atoms with Crippen LogP contribution in [0.1, 0.15) is 45.4 Å². The van der Waals surface area contributed by atoms with Gasteiger partial charge in [-0.2, -0.15) is 0 Å². The van der Waals surface area contributed by atoms with Crippen molar-refractivity contribution in [3.05, 3.63) is 0 Å². The minimum Gasteiger partial charge on any atom is -0.389 e. The summed E-state index contributed by atoms with van der Waals surface area (Å²) < 4.78 is 0. The molecule has 2 unspecified atom stereocenters. The van der Waals surface area contributed by atoms with Gasteiger partial charge in [-0.05, 0) is 71.6 Å². The van der Waals surface area contributed by atoms with Gasteiger partial charge in [0.25, 0.3) is 0 Å². The van der Waals surface area contributed by atoms with Gasteiger partial charge in [-0.15, -0.1) is 0 Å². The van der Waals surface area contributed by atoms with Crippen molar-refractivity contribution in [2.45, 2.75) is 57.1 Å². The van der Waals surface area contributed by atoms with E-state index in [2.05, 4.69) is 9.80 Å². The Morgan fingerprint density at radius 3 is 2.63 bits per heavy atom. The minimum atomic E-state index is -0.664. The van der Waals surface area contributed by atoms with Crippen molar-refractivity contribution in [2.75, 3.05) is 39.3 Å². The second-order valence-electron chi connectivity index (χ2n) is 6.64. The van der Waals surface area contributed by atoms with E-state index in [1.54, 1.807) is 0 Å². The molecular weight excluding hydrogens is 238 g/mol. The summed E-state index contributed by atoms with van der Waals surface area (Å²) >= 11 is 0. The lowest BCUT2D eigenvalue weighted by Gasteiger charge is -2.24. The maximum absolute atomic E-state index is 9.86. The molecule has 2 aliphatic rings. The number of hydrogen-bond acceptors (Lipinski definition) is 4. The maximum atomic E-state index is 9.86. The van der Waals surface area contributed by atoms with Crippen LogP contribution in [0.25, 0.3) is 0 Å². The highest BCUT2D eigenvalue weighted by Crippen LogP contribution is 2.21. The summed E-state index contributed by atoms with van der Waals surface area (Å²) in [5.41, 5.74) is 4.87. The molecule has 2 rings (SSSR count). The van der Waals surface area contributed by atoms with Gasteiger partial charge in [0.15, 0.2) is 0 Å². The molecule has 0 aromatic heterocycles. The van der Waals surface area contributed by atoms with Gasteiger partial charge < -0.3 is 15.7 Å². The molecule has 0 saturated carbocycles. The highest BCUT2D eigenvalue weighted by atomic mass is 16.3. The van der Waals surface area contributed by atoms with E-state index in [4.69, 9.17) is 5.73 Å². The normalized spacial score (nSPS) is 28.9. The second kappa shape index (κ2) is 7.02. The number of hydrogen-bond donors (Lipinski definition) is 2. The number of unbranched alkanes of at least 4 members (excludes halogenated alkanes) is 1. The SMILES string of the molecule is CC(O)(CN)CCCCN1CCC(N2CCCC2)C1. The first kappa shape index (κ1) is 15.2. The van der Waals surface area contributed by atoms with Crippen molar-refractivity contribution < 1.29 is 5.11 Å². The predicted molar refractivity (Wildman–Crippen MR) is 79.2 cm³/mol. The molecule has 3 N–H and O–H groups in total. The molecule has 4 nitrogen and oxygen atoms in total. The quantitative estimate of drug-likeness (QED) is 0.678. The van der Waals surface area contributed by atoms with Gasteiger partial charge in [0, 0.05) is 19.1 Å². The minimum absolute atomic E-state index is 0.369. The van der Waals surface area contributed by atoms with Crippen LogP contribution in [0.3, 0.4) is 0 Å². The Labute approximate surface area is 117 Å². The molecule has 2 aliphatic heterocycles. The number of nitrogens with zero attached hydrogens (tertiary/aromatic N) is 2. The topological polar surface area (TPSA) is 52.7 Å². The van der Waals surface area contributed by atoms with Gasteiger partial charge in [0.2, 0.25) is 0 Å². The van der Waals surface area contributed by atoms with Crippen molar-refractivity contribution in [1.29, 1.82) is 0 Å². The summed E-state index contributed by atoms with van der Waals surface area (Å²) in [4.78, 5) is 5.28. The van der Waals surface area contributed by atoms with Crippen LogP contribution < -0.4 is 5.73 Å². The first-order valence-corrected chi connectivity index (χ1v) is 7.99. The molecular formula is C15H31N3O. The van der Waals surface area contributed by atoms with E-state index < -0.39 is 5.60 Å². The summed E-state index contributed by atoms with van der Waals surface area (Å²) in [6.45, 7) is 8.54. The van der Waals surface area contributed by atoms with Crippen LogP contribution in [0.4, 0.5) is 0 Å². The third-order valence-corrected chi connectivity index (χ3v) is 4.78. The standard InChI is InChI=1S/C15H31N3O/c1-15(19,13-16)7-2-3-8-17-11-6-14(12-17)18-9-4-5-10-18/h14,19H,2-13,16H2,1H3. The summed E-state index contributed by atoms with van der Waals surface area (Å²) in [6, 6.07) is 0.814. The number of nitrogens with two attached hydrogens (primary N) is 1. The molecule has 2 atom stereocenters. The van der Waals surface area contributed by atoms with Crippen molar-refractivity contribution in [1.82, 2.24) is 9.80 Å². The fourth-order valence-electron chi connectivity index (χ4n) is 3.36. The molecule has 0 aromatic carbocycles. The highest BCUT2D eigenvalue weighted by molar-refractivity contribution is 4.85. The zero-order valence-corrected chi connectivity index (χ0v) is 12.5. The Hall–Kier alpha value is -0.160. The van der Waals surface area contributed by atoms with E-state index in [0.29, 0.717) is 6.54 Å².